The summed E-state index contributed by atoms with van der Waals surface area (Å²) in [6.45, 7) is 2.60. The minimum Gasteiger partial charge on any atom is -0.454 e. The van der Waals surface area contributed by atoms with E-state index in [1.165, 1.54) is 25.7 Å². The number of hydrogen-bond acceptors (Lipinski definition) is 4. The van der Waals surface area contributed by atoms with E-state index >= 15 is 0 Å². The van der Waals surface area contributed by atoms with Gasteiger partial charge < -0.3 is 19.3 Å². The fourth-order valence-electron chi connectivity index (χ4n) is 4.42. The number of fused-ring (bicyclic) bond motifs is 2. The summed E-state index contributed by atoms with van der Waals surface area (Å²) >= 11 is 0. The molecule has 0 spiro atoms. The van der Waals surface area contributed by atoms with Crippen molar-refractivity contribution in [3.63, 3.8) is 0 Å². The Labute approximate surface area is 149 Å². The summed E-state index contributed by atoms with van der Waals surface area (Å²) in [5.41, 5.74) is 1.11. The van der Waals surface area contributed by atoms with Crippen LogP contribution in [-0.4, -0.2) is 49.7 Å². The van der Waals surface area contributed by atoms with Gasteiger partial charge in [0.2, 0.25) is 12.7 Å². The Balaban J connectivity index is 1.47. The van der Waals surface area contributed by atoms with Gasteiger partial charge in [0.15, 0.2) is 11.5 Å². The lowest BCUT2D eigenvalue weighted by atomic mass is 10.0. The molecule has 1 aromatic carbocycles. The lowest BCUT2D eigenvalue weighted by molar-refractivity contribution is -0.134. The standard InChI is InChI=1S/C20H28N2O3/c1-21(2)9-10-22(20(23)19-15-5-3-4-6-16(15)19)12-14-7-8-17-18(11-14)25-13-24-17/h7-8,11,15-16,19H,3-6,9-10,12-13H2,1-2H3/t15-,16-/m0/s1. The summed E-state index contributed by atoms with van der Waals surface area (Å²) in [5, 5.41) is 0. The van der Waals surface area contributed by atoms with Gasteiger partial charge in [-0.05, 0) is 56.5 Å². The Bertz CT molecular complexity index is 634. The largest absolute Gasteiger partial charge is 0.454 e. The second-order valence-corrected chi connectivity index (χ2v) is 7.89. The third-order valence-corrected chi connectivity index (χ3v) is 5.88. The summed E-state index contributed by atoms with van der Waals surface area (Å²) in [4.78, 5) is 17.4. The molecule has 25 heavy (non-hydrogen) atoms. The van der Waals surface area contributed by atoms with Crippen LogP contribution in [0.1, 0.15) is 31.2 Å². The number of nitrogens with zero attached hydrogens (tertiary/aromatic N) is 2. The molecule has 0 aromatic heterocycles. The van der Waals surface area contributed by atoms with Crippen LogP contribution in [0.15, 0.2) is 18.2 Å². The molecule has 1 heterocycles. The highest BCUT2D eigenvalue weighted by atomic mass is 16.7. The third-order valence-electron chi connectivity index (χ3n) is 5.88. The molecule has 0 unspecified atom stereocenters. The number of rotatable bonds is 6. The third kappa shape index (κ3) is 3.47. The van der Waals surface area contributed by atoms with E-state index < -0.39 is 0 Å². The van der Waals surface area contributed by atoms with Crippen LogP contribution in [0.5, 0.6) is 11.5 Å². The molecule has 2 atom stereocenters. The molecule has 0 bridgehead atoms. The number of hydrogen-bond donors (Lipinski definition) is 0. The molecule has 4 rings (SSSR count). The highest BCUT2D eigenvalue weighted by molar-refractivity contribution is 5.82. The van der Waals surface area contributed by atoms with Crippen molar-refractivity contribution in [3.05, 3.63) is 23.8 Å². The first kappa shape index (κ1) is 16.7. The smallest absolute Gasteiger partial charge is 0.231 e. The summed E-state index contributed by atoms with van der Waals surface area (Å²) < 4.78 is 10.9. The molecule has 0 N–H and O–H groups in total. The van der Waals surface area contributed by atoms with Gasteiger partial charge in [0.25, 0.3) is 0 Å². The van der Waals surface area contributed by atoms with Crippen molar-refractivity contribution in [2.24, 2.45) is 17.8 Å². The van der Waals surface area contributed by atoms with Gasteiger partial charge in [-0.1, -0.05) is 18.9 Å². The normalized spacial score (nSPS) is 26.4. The van der Waals surface area contributed by atoms with Crippen molar-refractivity contribution in [2.75, 3.05) is 34.0 Å². The van der Waals surface area contributed by atoms with Crippen LogP contribution >= 0.6 is 0 Å². The van der Waals surface area contributed by atoms with Crippen LogP contribution in [0, 0.1) is 17.8 Å². The van der Waals surface area contributed by atoms with Crippen molar-refractivity contribution >= 4 is 5.91 Å². The fourth-order valence-corrected chi connectivity index (χ4v) is 4.42. The van der Waals surface area contributed by atoms with E-state index in [1.807, 2.05) is 18.2 Å². The van der Waals surface area contributed by atoms with Crippen LogP contribution < -0.4 is 9.47 Å². The summed E-state index contributed by atoms with van der Waals surface area (Å²) in [6, 6.07) is 6.00. The Morgan fingerprint density at radius 1 is 1.08 bits per heavy atom. The predicted molar refractivity (Wildman–Crippen MR) is 95.5 cm³/mol. The van der Waals surface area contributed by atoms with Crippen LogP contribution in [0.2, 0.25) is 0 Å². The monoisotopic (exact) mass is 344 g/mol. The summed E-state index contributed by atoms with van der Waals surface area (Å²) in [5.74, 6) is 3.52. The average Bonchev–Trinajstić information content (AvgIpc) is 3.15. The van der Waals surface area contributed by atoms with Crippen molar-refractivity contribution in [2.45, 2.75) is 32.2 Å². The zero-order chi connectivity index (χ0) is 17.4. The number of amides is 1. The van der Waals surface area contributed by atoms with Crippen molar-refractivity contribution in [3.8, 4) is 11.5 Å². The predicted octanol–water partition coefficient (Wildman–Crippen LogP) is 2.74. The number of benzene rings is 1. The number of carbonyl (C=O) groups is 1. The van der Waals surface area contributed by atoms with Gasteiger partial charge in [0, 0.05) is 25.6 Å². The lowest BCUT2D eigenvalue weighted by Gasteiger charge is -2.25. The zero-order valence-corrected chi connectivity index (χ0v) is 15.2. The maximum Gasteiger partial charge on any atom is 0.231 e. The minimum absolute atomic E-state index is 0.277. The van der Waals surface area contributed by atoms with Crippen molar-refractivity contribution < 1.29 is 14.3 Å². The van der Waals surface area contributed by atoms with Crippen LogP contribution in [-0.2, 0) is 11.3 Å². The molecule has 2 saturated carbocycles. The first-order valence-corrected chi connectivity index (χ1v) is 9.45. The van der Waals surface area contributed by atoms with E-state index in [0.29, 0.717) is 24.3 Å². The molecule has 2 aliphatic carbocycles. The zero-order valence-electron chi connectivity index (χ0n) is 15.2. The Morgan fingerprint density at radius 2 is 1.80 bits per heavy atom. The SMILES string of the molecule is CN(C)CCN(Cc1ccc2c(c1)OCO2)C(=O)C1[C@H]2CCCC[C@H]12. The molecule has 0 radical (unpaired) electrons. The van der Waals surface area contributed by atoms with Gasteiger partial charge in [-0.2, -0.15) is 0 Å². The molecule has 1 aliphatic heterocycles. The maximum absolute atomic E-state index is 13.2. The van der Waals surface area contributed by atoms with E-state index in [2.05, 4.69) is 23.9 Å². The van der Waals surface area contributed by atoms with Crippen molar-refractivity contribution in [1.29, 1.82) is 0 Å². The number of carbonyl (C=O) groups excluding carboxylic acids is 1. The fraction of sp³-hybridized carbons (Fsp3) is 0.650. The van der Waals surface area contributed by atoms with Gasteiger partial charge in [0.1, 0.15) is 0 Å². The molecule has 5 nitrogen and oxygen atoms in total. The molecule has 0 saturated heterocycles. The van der Waals surface area contributed by atoms with Crippen LogP contribution in [0.3, 0.4) is 0 Å². The summed E-state index contributed by atoms with van der Waals surface area (Å²) in [6.07, 6.45) is 5.08. The lowest BCUT2D eigenvalue weighted by Crippen LogP contribution is -2.37. The second-order valence-electron chi connectivity index (χ2n) is 7.89. The topological polar surface area (TPSA) is 42.0 Å². The average molecular weight is 344 g/mol. The van der Waals surface area contributed by atoms with E-state index in [1.54, 1.807) is 0 Å². The molecule has 136 valence electrons. The maximum atomic E-state index is 13.2. The Morgan fingerprint density at radius 3 is 2.52 bits per heavy atom. The molecule has 1 amide bonds. The molecule has 1 aromatic rings. The molecular weight excluding hydrogens is 316 g/mol. The van der Waals surface area contributed by atoms with Crippen molar-refractivity contribution in [1.82, 2.24) is 9.80 Å². The van der Waals surface area contributed by atoms with E-state index in [4.69, 9.17) is 9.47 Å². The van der Waals surface area contributed by atoms with Gasteiger partial charge in [-0.15, -0.1) is 0 Å². The Hall–Kier alpha value is -1.75. The van der Waals surface area contributed by atoms with E-state index in [9.17, 15) is 4.79 Å². The first-order chi connectivity index (χ1) is 12.1. The van der Waals surface area contributed by atoms with E-state index in [-0.39, 0.29) is 12.7 Å². The number of likely N-dealkylation sites (N-methyl/N-ethyl adjacent to an activating group) is 1. The highest BCUT2D eigenvalue weighted by Crippen LogP contribution is 2.56. The molecular formula is C20H28N2O3. The molecule has 3 aliphatic rings. The van der Waals surface area contributed by atoms with Crippen LogP contribution in [0.4, 0.5) is 0 Å². The quantitative estimate of drug-likeness (QED) is 0.796. The van der Waals surface area contributed by atoms with Gasteiger partial charge in [-0.3, -0.25) is 4.79 Å². The summed E-state index contributed by atoms with van der Waals surface area (Å²) in [7, 11) is 4.11. The molecule has 5 heteroatoms. The van der Waals surface area contributed by atoms with Gasteiger partial charge in [0.05, 0.1) is 0 Å². The van der Waals surface area contributed by atoms with Gasteiger partial charge in [-0.25, -0.2) is 0 Å². The number of ether oxygens (including phenoxy) is 2. The molecule has 2 fully saturated rings. The Kier molecular flexibility index (Phi) is 4.59. The van der Waals surface area contributed by atoms with Gasteiger partial charge >= 0.3 is 0 Å². The highest BCUT2D eigenvalue weighted by Gasteiger charge is 2.55. The van der Waals surface area contributed by atoms with Crippen LogP contribution in [0.25, 0.3) is 0 Å². The van der Waals surface area contributed by atoms with E-state index in [0.717, 1.165) is 30.2 Å². The minimum atomic E-state index is 0.277. The first-order valence-electron chi connectivity index (χ1n) is 9.45. The second kappa shape index (κ2) is 6.87.